The molecule has 1 aliphatic heterocycles. The molecule has 0 saturated heterocycles. The number of nitrogens with zero attached hydrogens (tertiary/aromatic N) is 1. The molecule has 1 aliphatic carbocycles. The van der Waals surface area contributed by atoms with Gasteiger partial charge >= 0.3 is 0 Å². The topological polar surface area (TPSA) is 32.3 Å². The fourth-order valence-corrected chi connectivity index (χ4v) is 3.73. The lowest BCUT2D eigenvalue weighted by Crippen LogP contribution is -2.48. The van der Waals surface area contributed by atoms with Crippen molar-refractivity contribution in [2.45, 2.75) is 51.1 Å². The first-order chi connectivity index (χ1) is 9.66. The molecule has 0 bridgehead atoms. The number of amides is 1. The number of rotatable bonds is 2. The van der Waals surface area contributed by atoms with Crippen LogP contribution in [-0.2, 0) is 11.2 Å². The van der Waals surface area contributed by atoms with E-state index in [2.05, 4.69) is 24.4 Å². The SMILES string of the molecule is CC1CCCCC1N(C)C(=O)C1Cc2ccccc2N1. The second kappa shape index (κ2) is 5.47. The van der Waals surface area contributed by atoms with Crippen LogP contribution in [0.4, 0.5) is 5.69 Å². The number of benzene rings is 1. The molecule has 1 N–H and O–H groups in total. The van der Waals surface area contributed by atoms with Gasteiger partial charge in [0.25, 0.3) is 0 Å². The Bertz CT molecular complexity index is 475. The lowest BCUT2D eigenvalue weighted by Gasteiger charge is -2.37. The number of hydrogen-bond acceptors (Lipinski definition) is 2. The fraction of sp³-hybridized carbons (Fsp3) is 0.588. The maximum Gasteiger partial charge on any atom is 0.245 e. The minimum Gasteiger partial charge on any atom is -0.373 e. The lowest BCUT2D eigenvalue weighted by molar-refractivity contribution is -0.134. The summed E-state index contributed by atoms with van der Waals surface area (Å²) in [5, 5.41) is 3.38. The van der Waals surface area contributed by atoms with Gasteiger partial charge in [-0.25, -0.2) is 0 Å². The summed E-state index contributed by atoms with van der Waals surface area (Å²) in [7, 11) is 1.99. The molecule has 20 heavy (non-hydrogen) atoms. The smallest absolute Gasteiger partial charge is 0.245 e. The van der Waals surface area contributed by atoms with Crippen LogP contribution in [0.5, 0.6) is 0 Å². The molecule has 1 heterocycles. The molecule has 3 heteroatoms. The van der Waals surface area contributed by atoms with Gasteiger partial charge in [-0.05, 0) is 30.4 Å². The van der Waals surface area contributed by atoms with E-state index in [9.17, 15) is 4.79 Å². The van der Waals surface area contributed by atoms with E-state index in [0.29, 0.717) is 12.0 Å². The zero-order chi connectivity index (χ0) is 14.1. The minimum absolute atomic E-state index is 0.0773. The van der Waals surface area contributed by atoms with Crippen LogP contribution in [-0.4, -0.2) is 29.9 Å². The quantitative estimate of drug-likeness (QED) is 0.897. The van der Waals surface area contributed by atoms with Crippen molar-refractivity contribution in [3.63, 3.8) is 0 Å². The molecule has 0 radical (unpaired) electrons. The summed E-state index contributed by atoms with van der Waals surface area (Å²) < 4.78 is 0. The van der Waals surface area contributed by atoms with Crippen molar-refractivity contribution >= 4 is 11.6 Å². The lowest BCUT2D eigenvalue weighted by atomic mass is 9.85. The van der Waals surface area contributed by atoms with Gasteiger partial charge in [-0.3, -0.25) is 4.79 Å². The number of para-hydroxylation sites is 1. The second-order valence-electron chi connectivity index (χ2n) is 6.34. The fourth-order valence-electron chi connectivity index (χ4n) is 3.73. The standard InChI is InChI=1S/C17H24N2O/c1-12-7-3-6-10-16(12)19(2)17(20)15-11-13-8-4-5-9-14(13)18-15/h4-5,8-9,12,15-16,18H,3,6-7,10-11H2,1-2H3. The van der Waals surface area contributed by atoms with Crippen LogP contribution in [0.2, 0.25) is 0 Å². The van der Waals surface area contributed by atoms with Crippen molar-refractivity contribution in [2.75, 3.05) is 12.4 Å². The number of hydrogen-bond donors (Lipinski definition) is 1. The molecule has 0 spiro atoms. The Morgan fingerprint density at radius 2 is 2.00 bits per heavy atom. The monoisotopic (exact) mass is 272 g/mol. The third-order valence-corrected chi connectivity index (χ3v) is 4.98. The number of carbonyl (C=O) groups is 1. The van der Waals surface area contributed by atoms with E-state index in [1.807, 2.05) is 24.1 Å². The van der Waals surface area contributed by atoms with Crippen molar-refractivity contribution in [3.8, 4) is 0 Å². The maximum atomic E-state index is 12.7. The van der Waals surface area contributed by atoms with E-state index in [0.717, 1.165) is 18.5 Å². The Balaban J connectivity index is 1.68. The molecule has 3 atom stereocenters. The molecular weight excluding hydrogens is 248 g/mol. The van der Waals surface area contributed by atoms with E-state index < -0.39 is 0 Å². The van der Waals surface area contributed by atoms with E-state index in [4.69, 9.17) is 0 Å². The zero-order valence-corrected chi connectivity index (χ0v) is 12.4. The first-order valence-electron chi connectivity index (χ1n) is 7.78. The molecule has 3 rings (SSSR count). The van der Waals surface area contributed by atoms with Crippen molar-refractivity contribution in [1.82, 2.24) is 4.90 Å². The highest BCUT2D eigenvalue weighted by Crippen LogP contribution is 2.30. The molecular formula is C17H24N2O. The van der Waals surface area contributed by atoms with Gasteiger partial charge in [-0.15, -0.1) is 0 Å². The van der Waals surface area contributed by atoms with Gasteiger partial charge in [0.05, 0.1) is 0 Å². The third kappa shape index (κ3) is 2.41. The van der Waals surface area contributed by atoms with Gasteiger partial charge in [-0.1, -0.05) is 38.0 Å². The van der Waals surface area contributed by atoms with Crippen LogP contribution in [0.15, 0.2) is 24.3 Å². The second-order valence-corrected chi connectivity index (χ2v) is 6.34. The van der Waals surface area contributed by atoms with Crippen molar-refractivity contribution in [2.24, 2.45) is 5.92 Å². The summed E-state index contributed by atoms with van der Waals surface area (Å²) >= 11 is 0. The molecule has 2 aliphatic rings. The highest BCUT2D eigenvalue weighted by atomic mass is 16.2. The van der Waals surface area contributed by atoms with Gasteiger partial charge in [0, 0.05) is 25.2 Å². The number of anilines is 1. The summed E-state index contributed by atoms with van der Waals surface area (Å²) in [4.78, 5) is 14.7. The molecule has 1 aromatic carbocycles. The average molecular weight is 272 g/mol. The molecule has 108 valence electrons. The summed E-state index contributed by atoms with van der Waals surface area (Å²) in [6.45, 7) is 2.28. The van der Waals surface area contributed by atoms with Crippen LogP contribution in [0.25, 0.3) is 0 Å². The molecule has 1 fully saturated rings. The van der Waals surface area contributed by atoms with Crippen molar-refractivity contribution < 1.29 is 4.79 Å². The number of carbonyl (C=O) groups excluding carboxylic acids is 1. The first kappa shape index (κ1) is 13.5. The zero-order valence-electron chi connectivity index (χ0n) is 12.4. The van der Waals surface area contributed by atoms with Crippen LogP contribution >= 0.6 is 0 Å². The van der Waals surface area contributed by atoms with E-state index in [1.165, 1.54) is 24.8 Å². The predicted octanol–water partition coefficient (Wildman–Crippen LogP) is 3.06. The van der Waals surface area contributed by atoms with Crippen LogP contribution < -0.4 is 5.32 Å². The van der Waals surface area contributed by atoms with Crippen molar-refractivity contribution in [3.05, 3.63) is 29.8 Å². The summed E-state index contributed by atoms with van der Waals surface area (Å²) in [6.07, 6.45) is 5.79. The van der Waals surface area contributed by atoms with Gasteiger partial charge in [0.1, 0.15) is 6.04 Å². The predicted molar refractivity (Wildman–Crippen MR) is 81.7 cm³/mol. The molecule has 3 unspecified atom stereocenters. The van der Waals surface area contributed by atoms with Gasteiger partial charge in [0.15, 0.2) is 0 Å². The molecule has 1 amide bonds. The molecule has 1 aromatic rings. The van der Waals surface area contributed by atoms with Gasteiger partial charge < -0.3 is 10.2 Å². The van der Waals surface area contributed by atoms with Crippen LogP contribution in [0.3, 0.4) is 0 Å². The summed E-state index contributed by atoms with van der Waals surface area (Å²) in [5.41, 5.74) is 2.38. The number of fused-ring (bicyclic) bond motifs is 1. The number of nitrogens with one attached hydrogen (secondary N) is 1. The third-order valence-electron chi connectivity index (χ3n) is 4.98. The van der Waals surface area contributed by atoms with Crippen LogP contribution in [0.1, 0.15) is 38.2 Å². The van der Waals surface area contributed by atoms with Crippen molar-refractivity contribution in [1.29, 1.82) is 0 Å². The highest BCUT2D eigenvalue weighted by Gasteiger charge is 2.34. The Morgan fingerprint density at radius 3 is 2.75 bits per heavy atom. The summed E-state index contributed by atoms with van der Waals surface area (Å²) in [5.74, 6) is 0.876. The average Bonchev–Trinajstić information content (AvgIpc) is 2.90. The Kier molecular flexibility index (Phi) is 3.68. The summed E-state index contributed by atoms with van der Waals surface area (Å²) in [6, 6.07) is 8.57. The maximum absolute atomic E-state index is 12.7. The Morgan fingerprint density at radius 1 is 1.25 bits per heavy atom. The molecule has 0 aromatic heterocycles. The molecule has 3 nitrogen and oxygen atoms in total. The van der Waals surface area contributed by atoms with Crippen LogP contribution in [0, 0.1) is 5.92 Å². The first-order valence-corrected chi connectivity index (χ1v) is 7.78. The minimum atomic E-state index is -0.0773. The van der Waals surface area contributed by atoms with E-state index in [-0.39, 0.29) is 11.9 Å². The van der Waals surface area contributed by atoms with E-state index >= 15 is 0 Å². The normalized spacial score (nSPS) is 28.6. The van der Waals surface area contributed by atoms with E-state index in [1.54, 1.807) is 0 Å². The van der Waals surface area contributed by atoms with Gasteiger partial charge in [-0.2, -0.15) is 0 Å². The largest absolute Gasteiger partial charge is 0.373 e. The Hall–Kier alpha value is -1.51. The Labute approximate surface area is 121 Å². The van der Waals surface area contributed by atoms with Gasteiger partial charge in [0.2, 0.25) is 5.91 Å². The number of likely N-dealkylation sites (N-methyl/N-ethyl adjacent to an activating group) is 1. The molecule has 1 saturated carbocycles. The highest BCUT2D eigenvalue weighted by molar-refractivity contribution is 5.87.